The second-order valence-corrected chi connectivity index (χ2v) is 3.87. The first-order valence-electron chi connectivity index (χ1n) is 6.41. The molecule has 0 aromatic heterocycles. The van der Waals surface area contributed by atoms with Crippen LogP contribution in [0, 0.1) is 12.7 Å². The Balaban J connectivity index is 0. The van der Waals surface area contributed by atoms with E-state index >= 15 is 0 Å². The number of rotatable bonds is 1. The van der Waals surface area contributed by atoms with Crippen LogP contribution in [0.15, 0.2) is 18.2 Å². The third-order valence-corrected chi connectivity index (χ3v) is 1.82. The maximum absolute atomic E-state index is 13.0. The molecule has 0 spiro atoms. The molecule has 0 aliphatic heterocycles. The highest BCUT2D eigenvalue weighted by Gasteiger charge is 2.09. The molecule has 0 aliphatic rings. The van der Waals surface area contributed by atoms with Gasteiger partial charge in [-0.15, -0.1) is 0 Å². The molecule has 104 valence electrons. The second-order valence-electron chi connectivity index (χ2n) is 3.87. The summed E-state index contributed by atoms with van der Waals surface area (Å²) in [6.07, 6.45) is 1.25. The molecule has 1 aromatic rings. The van der Waals surface area contributed by atoms with E-state index in [0.717, 1.165) is 0 Å². The van der Waals surface area contributed by atoms with Gasteiger partial charge in [0.1, 0.15) is 5.82 Å². The van der Waals surface area contributed by atoms with Crippen molar-refractivity contribution < 1.29 is 9.18 Å². The van der Waals surface area contributed by atoms with Gasteiger partial charge in [0.05, 0.1) is 0 Å². The van der Waals surface area contributed by atoms with Crippen molar-refractivity contribution in [1.82, 2.24) is 4.90 Å². The van der Waals surface area contributed by atoms with Crippen LogP contribution in [0.4, 0.5) is 4.39 Å². The standard InChI is InChI=1S/C10H12FNO.C3H8.C2H6/c1-7-4-5-8(6-9(7)11)10(13)12(2)3;1-3-2;1-2/h4-6H,1-3H3;3H2,1-2H3;1-2H3. The van der Waals surface area contributed by atoms with Crippen LogP contribution in [0.25, 0.3) is 0 Å². The SMILES string of the molecule is CC.CCC.Cc1ccc(C(=O)N(C)C)cc1F. The van der Waals surface area contributed by atoms with Gasteiger partial charge in [-0.05, 0) is 24.6 Å². The van der Waals surface area contributed by atoms with E-state index in [1.807, 2.05) is 13.8 Å². The van der Waals surface area contributed by atoms with Gasteiger partial charge in [0.25, 0.3) is 5.91 Å². The predicted octanol–water partition coefficient (Wildman–Crippen LogP) is 4.28. The smallest absolute Gasteiger partial charge is 0.253 e. The summed E-state index contributed by atoms with van der Waals surface area (Å²) in [4.78, 5) is 12.8. The number of nitrogens with zero attached hydrogens (tertiary/aromatic N) is 1. The number of hydrogen-bond donors (Lipinski definition) is 0. The molecular formula is C15H26FNO. The van der Waals surface area contributed by atoms with E-state index in [0.29, 0.717) is 11.1 Å². The summed E-state index contributed by atoms with van der Waals surface area (Å²) in [5.41, 5.74) is 0.934. The van der Waals surface area contributed by atoms with Gasteiger partial charge in [0, 0.05) is 19.7 Å². The number of halogens is 1. The molecule has 0 saturated carbocycles. The lowest BCUT2D eigenvalue weighted by Crippen LogP contribution is -2.21. The Labute approximate surface area is 111 Å². The molecule has 0 bridgehead atoms. The van der Waals surface area contributed by atoms with Crippen LogP contribution in [-0.2, 0) is 0 Å². The fraction of sp³-hybridized carbons (Fsp3) is 0.533. The molecule has 0 atom stereocenters. The van der Waals surface area contributed by atoms with Crippen LogP contribution >= 0.6 is 0 Å². The molecule has 0 aliphatic carbocycles. The van der Waals surface area contributed by atoms with Crippen molar-refractivity contribution in [1.29, 1.82) is 0 Å². The molecule has 0 saturated heterocycles. The molecule has 0 unspecified atom stereocenters. The Hall–Kier alpha value is -1.38. The Kier molecular flexibility index (Phi) is 11.3. The van der Waals surface area contributed by atoms with Crippen LogP contribution in [0.2, 0.25) is 0 Å². The highest BCUT2D eigenvalue weighted by molar-refractivity contribution is 5.93. The molecule has 18 heavy (non-hydrogen) atoms. The topological polar surface area (TPSA) is 20.3 Å². The zero-order valence-corrected chi connectivity index (χ0v) is 12.7. The van der Waals surface area contributed by atoms with Crippen LogP contribution in [0.3, 0.4) is 0 Å². The third-order valence-electron chi connectivity index (χ3n) is 1.82. The summed E-state index contributed by atoms with van der Waals surface area (Å²) in [7, 11) is 3.28. The van der Waals surface area contributed by atoms with Gasteiger partial charge in [-0.25, -0.2) is 4.39 Å². The summed E-state index contributed by atoms with van der Waals surface area (Å²) in [5.74, 6) is -0.522. The molecule has 1 amide bonds. The van der Waals surface area contributed by atoms with Gasteiger partial charge in [-0.1, -0.05) is 40.2 Å². The van der Waals surface area contributed by atoms with Crippen molar-refractivity contribution >= 4 is 5.91 Å². The van der Waals surface area contributed by atoms with Crippen molar-refractivity contribution in [3.05, 3.63) is 35.1 Å². The first-order valence-corrected chi connectivity index (χ1v) is 6.41. The number of carbonyl (C=O) groups is 1. The van der Waals surface area contributed by atoms with Crippen molar-refractivity contribution in [3.63, 3.8) is 0 Å². The van der Waals surface area contributed by atoms with Crippen molar-refractivity contribution in [2.24, 2.45) is 0 Å². The normalized spacial score (nSPS) is 8.44. The lowest BCUT2D eigenvalue weighted by atomic mass is 10.1. The van der Waals surface area contributed by atoms with Crippen molar-refractivity contribution in [3.8, 4) is 0 Å². The van der Waals surface area contributed by atoms with E-state index in [1.165, 1.54) is 17.4 Å². The molecule has 1 rings (SSSR count). The molecule has 3 heteroatoms. The number of hydrogen-bond acceptors (Lipinski definition) is 1. The largest absolute Gasteiger partial charge is 0.345 e. The number of amides is 1. The Morgan fingerprint density at radius 3 is 2.00 bits per heavy atom. The van der Waals surface area contributed by atoms with E-state index in [1.54, 1.807) is 33.2 Å². The summed E-state index contributed by atoms with van der Waals surface area (Å²) in [6.45, 7) is 9.92. The fourth-order valence-corrected chi connectivity index (χ4v) is 0.984. The van der Waals surface area contributed by atoms with Crippen LogP contribution < -0.4 is 0 Å². The molecular weight excluding hydrogens is 229 g/mol. The average Bonchev–Trinajstić information content (AvgIpc) is 2.35. The average molecular weight is 255 g/mol. The Bertz CT molecular complexity index is 348. The van der Waals surface area contributed by atoms with Crippen LogP contribution in [-0.4, -0.2) is 24.9 Å². The molecule has 0 radical (unpaired) electrons. The second kappa shape index (κ2) is 10.8. The van der Waals surface area contributed by atoms with Gasteiger partial charge in [0.15, 0.2) is 0 Å². The summed E-state index contributed by atoms with van der Waals surface area (Å²) in [6, 6.07) is 4.49. The first-order chi connectivity index (χ1) is 8.43. The lowest BCUT2D eigenvalue weighted by Gasteiger charge is -2.10. The van der Waals surface area contributed by atoms with E-state index in [9.17, 15) is 9.18 Å². The zero-order valence-electron chi connectivity index (χ0n) is 12.7. The van der Waals surface area contributed by atoms with Gasteiger partial charge in [0.2, 0.25) is 0 Å². The van der Waals surface area contributed by atoms with Gasteiger partial charge in [-0.3, -0.25) is 4.79 Å². The predicted molar refractivity (Wildman–Crippen MR) is 76.5 cm³/mol. The van der Waals surface area contributed by atoms with Crippen LogP contribution in [0.1, 0.15) is 50.0 Å². The lowest BCUT2D eigenvalue weighted by molar-refractivity contribution is 0.0827. The number of benzene rings is 1. The molecule has 1 aromatic carbocycles. The fourth-order valence-electron chi connectivity index (χ4n) is 0.984. The minimum absolute atomic E-state index is 0.182. The summed E-state index contributed by atoms with van der Waals surface area (Å²) < 4.78 is 13.0. The third kappa shape index (κ3) is 7.05. The van der Waals surface area contributed by atoms with Crippen LogP contribution in [0.5, 0.6) is 0 Å². The highest BCUT2D eigenvalue weighted by atomic mass is 19.1. The van der Waals surface area contributed by atoms with E-state index in [2.05, 4.69) is 13.8 Å². The van der Waals surface area contributed by atoms with E-state index in [4.69, 9.17) is 0 Å². The summed E-state index contributed by atoms with van der Waals surface area (Å²) in [5, 5.41) is 0. The first kappa shape index (κ1) is 19.0. The Morgan fingerprint density at radius 1 is 1.22 bits per heavy atom. The van der Waals surface area contributed by atoms with Gasteiger partial charge in [-0.2, -0.15) is 0 Å². The maximum Gasteiger partial charge on any atom is 0.253 e. The van der Waals surface area contributed by atoms with Gasteiger partial charge >= 0.3 is 0 Å². The molecule has 2 nitrogen and oxygen atoms in total. The Morgan fingerprint density at radius 2 is 1.67 bits per heavy atom. The monoisotopic (exact) mass is 255 g/mol. The minimum Gasteiger partial charge on any atom is -0.345 e. The molecule has 0 fully saturated rings. The van der Waals surface area contributed by atoms with E-state index < -0.39 is 0 Å². The highest BCUT2D eigenvalue weighted by Crippen LogP contribution is 2.10. The summed E-state index contributed by atoms with van der Waals surface area (Å²) >= 11 is 0. The minimum atomic E-state index is -0.340. The number of carbonyl (C=O) groups excluding carboxylic acids is 1. The van der Waals surface area contributed by atoms with Crippen molar-refractivity contribution in [2.45, 2.75) is 41.0 Å². The molecule has 0 heterocycles. The van der Waals surface area contributed by atoms with E-state index in [-0.39, 0.29) is 11.7 Å². The maximum atomic E-state index is 13.0. The number of aryl methyl sites for hydroxylation is 1. The molecule has 0 N–H and O–H groups in total. The zero-order chi connectivity index (χ0) is 14.7. The van der Waals surface area contributed by atoms with Crippen molar-refractivity contribution in [2.75, 3.05) is 14.1 Å². The van der Waals surface area contributed by atoms with Gasteiger partial charge < -0.3 is 4.90 Å². The quantitative estimate of drug-likeness (QED) is 0.733.